The van der Waals surface area contributed by atoms with Crippen LogP contribution < -0.4 is 25.8 Å². The van der Waals surface area contributed by atoms with Crippen molar-refractivity contribution < 1.29 is 15.1 Å². The number of pyridine rings is 1. The largest absolute Gasteiger partial charge is 0.377 e. The number of aryl methyl sites for hydroxylation is 1. The average molecular weight is 440 g/mol. The Labute approximate surface area is 192 Å². The standard InChI is InChI=1S/C25H35N5O.CH4/c1-27-18-19-8-9-20-16-21-10-11-22(29(2)3)17-24(21)30(23(20)15-19)14-6-4-5-7-25(31)28-13-12-26;/h8-11,15-17,27H,4-7,12-14,18,26H2,1-3H3;1H4/p+2. The van der Waals surface area contributed by atoms with Gasteiger partial charge in [-0.3, -0.25) is 4.79 Å². The highest BCUT2D eigenvalue weighted by atomic mass is 16.1. The van der Waals surface area contributed by atoms with Crippen LogP contribution in [0, 0.1) is 0 Å². The summed E-state index contributed by atoms with van der Waals surface area (Å²) in [7, 11) is 6.14. The molecule has 1 heterocycles. The number of rotatable bonds is 11. The van der Waals surface area contributed by atoms with Crippen LogP contribution in [0.1, 0.15) is 38.7 Å². The van der Waals surface area contributed by atoms with Crippen molar-refractivity contribution in [2.45, 2.75) is 46.2 Å². The number of nitrogens with one attached hydrogen (secondary N) is 2. The van der Waals surface area contributed by atoms with Crippen LogP contribution in [-0.2, 0) is 17.9 Å². The molecule has 0 unspecified atom stereocenters. The smallest absolute Gasteiger partial charge is 0.220 e. The highest BCUT2D eigenvalue weighted by Gasteiger charge is 2.17. The molecule has 0 aliphatic carbocycles. The van der Waals surface area contributed by atoms with E-state index in [-0.39, 0.29) is 13.3 Å². The third-order valence-electron chi connectivity index (χ3n) is 5.68. The second kappa shape index (κ2) is 12.4. The molecule has 6 nitrogen and oxygen atoms in total. The Kier molecular flexibility index (Phi) is 9.88. The maximum Gasteiger partial charge on any atom is 0.220 e. The van der Waals surface area contributed by atoms with Gasteiger partial charge in [-0.25, -0.2) is 0 Å². The molecular formula is C26H41N5O+2. The number of fused-ring (bicyclic) bond motifs is 2. The number of carbonyl (C=O) groups excluding carboxylic acids is 1. The summed E-state index contributed by atoms with van der Waals surface area (Å²) in [5.74, 6) is 0.138. The molecule has 5 N–H and O–H groups in total. The molecule has 0 aliphatic heterocycles. The van der Waals surface area contributed by atoms with Gasteiger partial charge in [-0.2, -0.15) is 4.57 Å². The van der Waals surface area contributed by atoms with Gasteiger partial charge in [0.05, 0.1) is 13.1 Å². The van der Waals surface area contributed by atoms with E-state index in [4.69, 9.17) is 0 Å². The van der Waals surface area contributed by atoms with E-state index < -0.39 is 0 Å². The summed E-state index contributed by atoms with van der Waals surface area (Å²) < 4.78 is 2.46. The fourth-order valence-electron chi connectivity index (χ4n) is 4.01. The van der Waals surface area contributed by atoms with Crippen LogP contribution in [0.5, 0.6) is 0 Å². The molecule has 0 bridgehead atoms. The van der Waals surface area contributed by atoms with Gasteiger partial charge in [-0.05, 0) is 49.7 Å². The van der Waals surface area contributed by atoms with Gasteiger partial charge in [-0.1, -0.05) is 13.5 Å². The summed E-state index contributed by atoms with van der Waals surface area (Å²) in [6.45, 7) is 3.20. The first-order chi connectivity index (χ1) is 15.0. The first-order valence-electron chi connectivity index (χ1n) is 11.3. The summed E-state index contributed by atoms with van der Waals surface area (Å²) in [5.41, 5.74) is 8.78. The maximum atomic E-state index is 11.8. The van der Waals surface area contributed by atoms with Crippen LogP contribution in [0.2, 0.25) is 0 Å². The Morgan fingerprint density at radius 1 is 1.00 bits per heavy atom. The molecule has 0 atom stereocenters. The lowest BCUT2D eigenvalue weighted by Crippen LogP contribution is -2.54. The number of carbonyl (C=O) groups is 1. The number of unbranched alkanes of at least 4 members (excludes halogenated alkanes) is 2. The van der Waals surface area contributed by atoms with E-state index in [1.165, 1.54) is 33.1 Å². The summed E-state index contributed by atoms with van der Waals surface area (Å²) in [6, 6.07) is 15.7. The minimum atomic E-state index is 0. The molecule has 3 rings (SSSR count). The number of quaternary nitrogens is 1. The molecule has 174 valence electrons. The molecule has 0 radical (unpaired) electrons. The number of hydrogen-bond acceptors (Lipinski definition) is 3. The van der Waals surface area contributed by atoms with Crippen molar-refractivity contribution >= 4 is 33.4 Å². The lowest BCUT2D eigenvalue weighted by Gasteiger charge is -2.14. The predicted octanol–water partition coefficient (Wildman–Crippen LogP) is 2.62. The highest BCUT2D eigenvalue weighted by molar-refractivity contribution is 5.90. The maximum absolute atomic E-state index is 11.8. The van der Waals surface area contributed by atoms with E-state index in [1.807, 2.05) is 7.05 Å². The second-order valence-corrected chi connectivity index (χ2v) is 8.37. The number of hydrogen-bond donors (Lipinski definition) is 3. The van der Waals surface area contributed by atoms with Crippen molar-refractivity contribution in [1.29, 1.82) is 0 Å². The third kappa shape index (κ3) is 6.40. The molecule has 32 heavy (non-hydrogen) atoms. The first-order valence-corrected chi connectivity index (χ1v) is 11.3. The summed E-state index contributed by atoms with van der Waals surface area (Å²) in [5, 5.41) is 8.68. The van der Waals surface area contributed by atoms with Crippen molar-refractivity contribution in [3.05, 3.63) is 48.0 Å². The second-order valence-electron chi connectivity index (χ2n) is 8.37. The van der Waals surface area contributed by atoms with Crippen LogP contribution >= 0.6 is 0 Å². The van der Waals surface area contributed by atoms with E-state index in [0.717, 1.165) is 38.9 Å². The van der Waals surface area contributed by atoms with Gasteiger partial charge in [0.1, 0.15) is 6.54 Å². The Morgan fingerprint density at radius 2 is 1.72 bits per heavy atom. The number of anilines is 1. The Hall–Kier alpha value is -2.70. The van der Waals surface area contributed by atoms with E-state index >= 15 is 0 Å². The van der Waals surface area contributed by atoms with Crippen LogP contribution in [-0.4, -0.2) is 40.1 Å². The lowest BCUT2D eigenvalue weighted by molar-refractivity contribution is -0.645. The van der Waals surface area contributed by atoms with Gasteiger partial charge in [0.25, 0.3) is 0 Å². The van der Waals surface area contributed by atoms with Gasteiger partial charge in [0.2, 0.25) is 16.9 Å². The number of aromatic nitrogens is 1. The quantitative estimate of drug-likeness (QED) is 0.244. The minimum Gasteiger partial charge on any atom is -0.377 e. The summed E-state index contributed by atoms with van der Waals surface area (Å²) in [6.07, 6.45) is 3.59. The molecule has 0 saturated heterocycles. The van der Waals surface area contributed by atoms with Crippen molar-refractivity contribution in [2.24, 2.45) is 0 Å². The normalized spacial score (nSPS) is 10.9. The molecule has 0 fully saturated rings. The van der Waals surface area contributed by atoms with Crippen LogP contribution in [0.15, 0.2) is 42.5 Å². The van der Waals surface area contributed by atoms with Crippen LogP contribution in [0.3, 0.4) is 0 Å². The lowest BCUT2D eigenvalue weighted by atomic mass is 10.1. The van der Waals surface area contributed by atoms with E-state index in [9.17, 15) is 4.79 Å². The van der Waals surface area contributed by atoms with Gasteiger partial charge in [0.15, 0.2) is 0 Å². The highest BCUT2D eigenvalue weighted by Crippen LogP contribution is 2.24. The van der Waals surface area contributed by atoms with Gasteiger partial charge in [0, 0.05) is 62.1 Å². The molecule has 6 heteroatoms. The Morgan fingerprint density at radius 3 is 2.41 bits per heavy atom. The topological polar surface area (TPSA) is 75.9 Å². The zero-order chi connectivity index (χ0) is 22.2. The molecule has 3 aromatic rings. The molecule has 0 spiro atoms. The first kappa shape index (κ1) is 25.6. The molecule has 0 saturated carbocycles. The van der Waals surface area contributed by atoms with Gasteiger partial charge >= 0.3 is 0 Å². The molecular weight excluding hydrogens is 398 g/mol. The number of nitrogens with zero attached hydrogens (tertiary/aromatic N) is 2. The van der Waals surface area contributed by atoms with E-state index in [1.54, 1.807) is 0 Å². The number of benzene rings is 2. The van der Waals surface area contributed by atoms with Gasteiger partial charge < -0.3 is 21.3 Å². The van der Waals surface area contributed by atoms with Crippen molar-refractivity contribution in [1.82, 2.24) is 10.6 Å². The molecule has 1 amide bonds. The van der Waals surface area contributed by atoms with E-state index in [0.29, 0.717) is 13.0 Å². The monoisotopic (exact) mass is 439 g/mol. The molecule has 2 aromatic carbocycles. The summed E-state index contributed by atoms with van der Waals surface area (Å²) in [4.78, 5) is 14.0. The van der Waals surface area contributed by atoms with Gasteiger partial charge in [-0.15, -0.1) is 0 Å². The van der Waals surface area contributed by atoms with Crippen LogP contribution in [0.4, 0.5) is 5.69 Å². The SMILES string of the molecule is C.CNCc1ccc2cc3ccc(N(C)C)cc3[n+](CCCCCC(=O)NCC[NH3+])c2c1. The zero-order valence-electron chi connectivity index (χ0n) is 19.2. The van der Waals surface area contributed by atoms with Crippen molar-refractivity contribution in [2.75, 3.05) is 39.1 Å². The van der Waals surface area contributed by atoms with Crippen molar-refractivity contribution in [3.63, 3.8) is 0 Å². The zero-order valence-corrected chi connectivity index (χ0v) is 19.2. The summed E-state index contributed by atoms with van der Waals surface area (Å²) >= 11 is 0. The average Bonchev–Trinajstić information content (AvgIpc) is 2.76. The molecule has 0 aliphatic rings. The third-order valence-corrected chi connectivity index (χ3v) is 5.68. The Balaban J connectivity index is 0.00000363. The van der Waals surface area contributed by atoms with E-state index in [2.05, 4.69) is 82.4 Å². The minimum absolute atomic E-state index is 0. The predicted molar refractivity (Wildman–Crippen MR) is 135 cm³/mol. The van der Waals surface area contributed by atoms with Crippen molar-refractivity contribution in [3.8, 4) is 0 Å². The number of amides is 1. The van der Waals surface area contributed by atoms with Crippen LogP contribution in [0.25, 0.3) is 21.8 Å². The fourth-order valence-corrected chi connectivity index (χ4v) is 4.01. The Bertz CT molecular complexity index is 1030. The fraction of sp³-hybridized carbons (Fsp3) is 0.462. The molecule has 1 aromatic heterocycles.